The minimum absolute atomic E-state index is 0.0485. The van der Waals surface area contributed by atoms with Gasteiger partial charge in [0.25, 0.3) is 0 Å². The van der Waals surface area contributed by atoms with E-state index in [1.165, 1.54) is 24.0 Å². The quantitative estimate of drug-likeness (QED) is 0.771. The van der Waals surface area contributed by atoms with Crippen LogP contribution in [0.15, 0.2) is 18.2 Å². The van der Waals surface area contributed by atoms with Gasteiger partial charge in [-0.1, -0.05) is 26.0 Å². The van der Waals surface area contributed by atoms with Crippen LogP contribution in [0.25, 0.3) is 0 Å². The second kappa shape index (κ2) is 7.85. The first-order chi connectivity index (χ1) is 10.1. The average Bonchev–Trinajstić information content (AvgIpc) is 3.24. The number of hydrogen-bond acceptors (Lipinski definition) is 3. The first-order valence-corrected chi connectivity index (χ1v) is 8.81. The zero-order chi connectivity index (χ0) is 15.2. The van der Waals surface area contributed by atoms with Gasteiger partial charge in [0.05, 0.1) is 6.54 Å². The van der Waals surface area contributed by atoms with E-state index in [0.717, 1.165) is 23.9 Å². The molecule has 1 amide bonds. The van der Waals surface area contributed by atoms with Gasteiger partial charge in [0.1, 0.15) is 0 Å². The van der Waals surface area contributed by atoms with Gasteiger partial charge in [0.2, 0.25) is 5.91 Å². The molecule has 0 heterocycles. The van der Waals surface area contributed by atoms with Crippen molar-refractivity contribution in [1.29, 1.82) is 0 Å². The van der Waals surface area contributed by atoms with E-state index < -0.39 is 0 Å². The van der Waals surface area contributed by atoms with Crippen molar-refractivity contribution in [1.82, 2.24) is 5.32 Å². The van der Waals surface area contributed by atoms with Crippen LogP contribution in [0.5, 0.6) is 0 Å². The maximum atomic E-state index is 12.0. The lowest BCUT2D eigenvalue weighted by molar-refractivity contribution is -0.115. The van der Waals surface area contributed by atoms with Crippen LogP contribution in [0.2, 0.25) is 0 Å². The fourth-order valence-corrected chi connectivity index (χ4v) is 2.96. The summed E-state index contributed by atoms with van der Waals surface area (Å²) in [6.45, 7) is 7.87. The summed E-state index contributed by atoms with van der Waals surface area (Å²) in [5.74, 6) is 1.84. The highest BCUT2D eigenvalue weighted by atomic mass is 32.2. The molecule has 1 aromatic carbocycles. The summed E-state index contributed by atoms with van der Waals surface area (Å²) < 4.78 is 0. The zero-order valence-electron chi connectivity index (χ0n) is 13.2. The van der Waals surface area contributed by atoms with Gasteiger partial charge in [0.15, 0.2) is 0 Å². The van der Waals surface area contributed by atoms with Gasteiger partial charge in [-0.3, -0.25) is 4.79 Å². The van der Waals surface area contributed by atoms with Crippen LogP contribution in [0, 0.1) is 12.8 Å². The van der Waals surface area contributed by atoms with Gasteiger partial charge in [0, 0.05) is 11.4 Å². The molecule has 0 bridgehead atoms. The fraction of sp³-hybridized carbons (Fsp3) is 0.588. The summed E-state index contributed by atoms with van der Waals surface area (Å²) in [6, 6.07) is 6.15. The molecule has 1 fully saturated rings. The summed E-state index contributed by atoms with van der Waals surface area (Å²) in [6.07, 6.45) is 2.62. The number of nitrogens with one attached hydrogen (secondary N) is 2. The highest BCUT2D eigenvalue weighted by Gasteiger charge is 2.20. The molecule has 21 heavy (non-hydrogen) atoms. The topological polar surface area (TPSA) is 41.1 Å². The Kier molecular flexibility index (Phi) is 6.12. The van der Waals surface area contributed by atoms with Crippen molar-refractivity contribution < 1.29 is 4.79 Å². The minimum atomic E-state index is 0.0485. The van der Waals surface area contributed by atoms with Crippen LogP contribution in [0.3, 0.4) is 0 Å². The summed E-state index contributed by atoms with van der Waals surface area (Å²) in [4.78, 5) is 12.0. The number of benzene rings is 1. The highest BCUT2D eigenvalue weighted by Crippen LogP contribution is 2.27. The van der Waals surface area contributed by atoms with E-state index in [-0.39, 0.29) is 5.91 Å². The van der Waals surface area contributed by atoms with Crippen molar-refractivity contribution in [3.63, 3.8) is 0 Å². The molecule has 116 valence electrons. The van der Waals surface area contributed by atoms with Crippen LogP contribution in [0.1, 0.15) is 37.8 Å². The molecule has 0 saturated heterocycles. The molecule has 0 radical (unpaired) electrons. The molecule has 3 nitrogen and oxygen atoms in total. The standard InChI is InChI=1S/C17H26N2OS/c1-12(2)21-11-15-5-4-6-16(13(15)3)19-17(20)10-18-9-14-7-8-14/h4-6,12,14,18H,7-11H2,1-3H3,(H,19,20). The van der Waals surface area contributed by atoms with E-state index in [9.17, 15) is 4.79 Å². The van der Waals surface area contributed by atoms with Gasteiger partial charge < -0.3 is 10.6 Å². The maximum Gasteiger partial charge on any atom is 0.238 e. The second-order valence-corrected chi connectivity index (χ2v) is 7.64. The third-order valence-electron chi connectivity index (χ3n) is 3.71. The highest BCUT2D eigenvalue weighted by molar-refractivity contribution is 7.99. The van der Waals surface area contributed by atoms with Crippen molar-refractivity contribution in [2.75, 3.05) is 18.4 Å². The van der Waals surface area contributed by atoms with Gasteiger partial charge in [-0.05, 0) is 54.7 Å². The Morgan fingerprint density at radius 3 is 2.81 bits per heavy atom. The molecule has 1 aliphatic carbocycles. The first kappa shape index (κ1) is 16.4. The summed E-state index contributed by atoms with van der Waals surface area (Å²) in [5, 5.41) is 6.87. The predicted molar refractivity (Wildman–Crippen MR) is 91.8 cm³/mol. The molecule has 1 aliphatic rings. The Morgan fingerprint density at radius 2 is 2.14 bits per heavy atom. The Hall–Kier alpha value is -1.00. The molecule has 0 aromatic heterocycles. The molecule has 2 N–H and O–H groups in total. The minimum Gasteiger partial charge on any atom is -0.325 e. The Labute approximate surface area is 132 Å². The molecule has 0 atom stereocenters. The molecule has 1 aromatic rings. The average molecular weight is 306 g/mol. The maximum absolute atomic E-state index is 12.0. The van der Waals surface area contributed by atoms with Crippen LogP contribution < -0.4 is 10.6 Å². The normalized spacial score (nSPS) is 14.5. The van der Waals surface area contributed by atoms with Crippen LogP contribution in [-0.2, 0) is 10.5 Å². The predicted octanol–water partition coefficient (Wildman–Crippen LogP) is 3.57. The number of rotatable bonds is 8. The van der Waals surface area contributed by atoms with Gasteiger partial charge >= 0.3 is 0 Å². The smallest absolute Gasteiger partial charge is 0.238 e. The lowest BCUT2D eigenvalue weighted by Gasteiger charge is -2.13. The molecule has 2 rings (SSSR count). The largest absolute Gasteiger partial charge is 0.325 e. The molecular weight excluding hydrogens is 280 g/mol. The van der Waals surface area contributed by atoms with Crippen molar-refractivity contribution in [2.45, 2.75) is 44.6 Å². The molecule has 4 heteroatoms. The summed E-state index contributed by atoms with van der Waals surface area (Å²) in [5.41, 5.74) is 3.42. The fourth-order valence-electron chi connectivity index (χ4n) is 2.14. The van der Waals surface area contributed by atoms with Gasteiger partial charge in [-0.15, -0.1) is 0 Å². The Morgan fingerprint density at radius 1 is 1.38 bits per heavy atom. The van der Waals surface area contributed by atoms with Crippen molar-refractivity contribution in [2.24, 2.45) is 5.92 Å². The van der Waals surface area contributed by atoms with Crippen molar-refractivity contribution in [3.05, 3.63) is 29.3 Å². The van der Waals surface area contributed by atoms with Crippen molar-refractivity contribution in [3.8, 4) is 0 Å². The van der Waals surface area contributed by atoms with E-state index in [0.29, 0.717) is 11.8 Å². The summed E-state index contributed by atoms with van der Waals surface area (Å²) in [7, 11) is 0. The molecule has 0 aliphatic heterocycles. The molecule has 0 spiro atoms. The number of thioether (sulfide) groups is 1. The molecule has 1 saturated carbocycles. The number of hydrogen-bond donors (Lipinski definition) is 2. The van der Waals surface area contributed by atoms with Gasteiger partial charge in [-0.2, -0.15) is 11.8 Å². The van der Waals surface area contributed by atoms with Crippen LogP contribution >= 0.6 is 11.8 Å². The lowest BCUT2D eigenvalue weighted by atomic mass is 10.1. The number of anilines is 1. The number of amides is 1. The van der Waals surface area contributed by atoms with Crippen LogP contribution in [-0.4, -0.2) is 24.2 Å². The third-order valence-corrected chi connectivity index (χ3v) is 4.85. The second-order valence-electron chi connectivity index (χ2n) is 6.07. The van der Waals surface area contributed by atoms with E-state index in [4.69, 9.17) is 0 Å². The zero-order valence-corrected chi connectivity index (χ0v) is 14.1. The van der Waals surface area contributed by atoms with Gasteiger partial charge in [-0.25, -0.2) is 0 Å². The number of carbonyl (C=O) groups excluding carboxylic acids is 1. The van der Waals surface area contributed by atoms with Crippen LogP contribution in [0.4, 0.5) is 5.69 Å². The molecule has 0 unspecified atom stereocenters. The SMILES string of the molecule is Cc1c(CSC(C)C)cccc1NC(=O)CNCC1CC1. The van der Waals surface area contributed by atoms with Crippen molar-refractivity contribution >= 4 is 23.4 Å². The van der Waals surface area contributed by atoms with E-state index in [1.807, 2.05) is 23.9 Å². The van der Waals surface area contributed by atoms with E-state index in [2.05, 4.69) is 37.5 Å². The summed E-state index contributed by atoms with van der Waals surface area (Å²) >= 11 is 1.93. The Bertz CT molecular complexity index is 484. The molecular formula is C17H26N2OS. The van der Waals surface area contributed by atoms with E-state index in [1.54, 1.807) is 0 Å². The first-order valence-electron chi connectivity index (χ1n) is 7.77. The van der Waals surface area contributed by atoms with E-state index >= 15 is 0 Å². The third kappa shape index (κ3) is 5.71. The number of carbonyl (C=O) groups is 1. The monoisotopic (exact) mass is 306 g/mol. The Balaban J connectivity index is 1.86. The lowest BCUT2D eigenvalue weighted by Crippen LogP contribution is -2.29.